The minimum absolute atomic E-state index is 0. The summed E-state index contributed by atoms with van der Waals surface area (Å²) in [4.78, 5) is 11.0. The maximum Gasteiger partial charge on any atom is 0.252 e. The molecule has 0 saturated heterocycles. The van der Waals surface area contributed by atoms with Crippen LogP contribution in [0.4, 0.5) is 5.69 Å². The highest BCUT2D eigenvalue weighted by atomic mass is 35.5. The van der Waals surface area contributed by atoms with Gasteiger partial charge in [-0.3, -0.25) is 4.79 Å². The van der Waals surface area contributed by atoms with Gasteiger partial charge in [0.05, 0.1) is 0 Å². The molecule has 1 aromatic carbocycles. The Kier molecular flexibility index (Phi) is 16.8. The third-order valence-corrected chi connectivity index (χ3v) is 4.60. The first-order chi connectivity index (χ1) is 12.2. The quantitative estimate of drug-likeness (QED) is 0.185. The number of carbonyl (C=O) groups excluding carboxylic acids is 1. The molecule has 1 rings (SSSR count). The summed E-state index contributed by atoms with van der Waals surface area (Å²) in [5.74, 6) is 0. The Morgan fingerprint density at radius 2 is 1.42 bits per heavy atom. The molecule has 1 N–H and O–H groups in total. The number of anilines is 1. The van der Waals surface area contributed by atoms with E-state index in [-0.39, 0.29) is 12.4 Å². The summed E-state index contributed by atoms with van der Waals surface area (Å²) >= 11 is 5.43. The van der Waals surface area contributed by atoms with Crippen molar-refractivity contribution in [2.45, 2.75) is 77.6 Å². The number of hydrogen-bond acceptors (Lipinski definition) is 2. The van der Waals surface area contributed by atoms with Gasteiger partial charge in [-0.05, 0) is 61.5 Å². The molecule has 4 heteroatoms. The molecule has 1 aromatic rings. The van der Waals surface area contributed by atoms with Crippen LogP contribution in [0.2, 0.25) is 0 Å². The lowest BCUT2D eigenvalue weighted by Gasteiger charge is -2.05. The van der Waals surface area contributed by atoms with Gasteiger partial charge < -0.3 is 5.32 Å². The highest BCUT2D eigenvalue weighted by molar-refractivity contribution is 6.67. The molecule has 0 aromatic heterocycles. The van der Waals surface area contributed by atoms with E-state index in [1.165, 1.54) is 57.8 Å². The van der Waals surface area contributed by atoms with Crippen LogP contribution in [-0.4, -0.2) is 11.8 Å². The average Bonchev–Trinajstić information content (AvgIpc) is 2.62. The van der Waals surface area contributed by atoms with Gasteiger partial charge in [0.1, 0.15) is 0 Å². The second-order valence-corrected chi connectivity index (χ2v) is 7.00. The molecule has 0 aliphatic heterocycles. The monoisotopic (exact) mass is 399 g/mol. The summed E-state index contributed by atoms with van der Waals surface area (Å²) in [7, 11) is 0. The van der Waals surface area contributed by atoms with Crippen molar-refractivity contribution in [1.82, 2.24) is 0 Å². The Hall–Kier alpha value is -0.990. The van der Waals surface area contributed by atoms with Gasteiger partial charge in [0.2, 0.25) is 0 Å². The number of unbranched alkanes of at least 4 members (excludes halogenated alkanes) is 9. The minimum atomic E-state index is -0.409. The summed E-state index contributed by atoms with van der Waals surface area (Å²) in [5.41, 5.74) is 1.57. The van der Waals surface area contributed by atoms with Crippen molar-refractivity contribution in [1.29, 1.82) is 0 Å². The number of allylic oxidation sites excluding steroid dienone is 2. The molecule has 0 saturated carbocycles. The summed E-state index contributed by atoms with van der Waals surface area (Å²) in [6.07, 6.45) is 19.2. The molecule has 0 amide bonds. The molecular formula is C22H35Cl2NO. The van der Waals surface area contributed by atoms with Gasteiger partial charge in [-0.25, -0.2) is 0 Å². The topological polar surface area (TPSA) is 29.1 Å². The maximum absolute atomic E-state index is 11.0. The molecule has 0 aliphatic rings. The molecule has 0 fully saturated rings. The van der Waals surface area contributed by atoms with Crippen molar-refractivity contribution in [3.63, 3.8) is 0 Å². The highest BCUT2D eigenvalue weighted by Gasteiger charge is 2.00. The van der Waals surface area contributed by atoms with Crippen molar-refractivity contribution in [3.05, 3.63) is 42.0 Å². The van der Waals surface area contributed by atoms with E-state index in [1.54, 1.807) is 12.1 Å². The second kappa shape index (κ2) is 17.4. The zero-order valence-corrected chi connectivity index (χ0v) is 17.7. The van der Waals surface area contributed by atoms with E-state index < -0.39 is 5.24 Å². The van der Waals surface area contributed by atoms with E-state index in [9.17, 15) is 4.79 Å². The van der Waals surface area contributed by atoms with Gasteiger partial charge in [0.25, 0.3) is 5.24 Å². The lowest BCUT2D eigenvalue weighted by Crippen LogP contribution is -2.01. The summed E-state index contributed by atoms with van der Waals surface area (Å²) in [6, 6.07) is 7.30. The second-order valence-electron chi connectivity index (χ2n) is 6.66. The van der Waals surface area contributed by atoms with E-state index in [0.717, 1.165) is 25.1 Å². The summed E-state index contributed by atoms with van der Waals surface area (Å²) in [6.45, 7) is 3.21. The molecule has 26 heavy (non-hydrogen) atoms. The Morgan fingerprint density at radius 3 is 2.00 bits per heavy atom. The molecule has 0 unspecified atom stereocenters. The van der Waals surface area contributed by atoms with Crippen molar-refractivity contribution in [2.75, 3.05) is 11.9 Å². The van der Waals surface area contributed by atoms with Crippen LogP contribution < -0.4 is 5.32 Å². The lowest BCUT2D eigenvalue weighted by molar-refractivity contribution is 0.108. The number of nitrogens with one attached hydrogen (secondary N) is 1. The standard InChI is InChI=1S/C22H34ClNO.ClH/c1-2-3-4-5-6-7-8-9-10-11-12-13-14-19-24-21-17-15-20(16-18-21)22(23)25;/h11-12,15-18,24H,2-10,13-14,19H2,1H3;1H/b12-11+;. The molecule has 0 bridgehead atoms. The smallest absolute Gasteiger partial charge is 0.252 e. The fraction of sp³-hybridized carbons (Fsp3) is 0.591. The van der Waals surface area contributed by atoms with Crippen LogP contribution in [0.3, 0.4) is 0 Å². The number of halogens is 2. The van der Waals surface area contributed by atoms with E-state index in [4.69, 9.17) is 11.6 Å². The van der Waals surface area contributed by atoms with E-state index in [0.29, 0.717) is 5.56 Å². The van der Waals surface area contributed by atoms with Crippen LogP contribution in [0, 0.1) is 0 Å². The van der Waals surface area contributed by atoms with Crippen molar-refractivity contribution in [2.24, 2.45) is 0 Å². The average molecular weight is 400 g/mol. The van der Waals surface area contributed by atoms with Crippen LogP contribution >= 0.6 is 24.0 Å². The van der Waals surface area contributed by atoms with Crippen LogP contribution in [0.15, 0.2) is 36.4 Å². The molecule has 0 atom stereocenters. The van der Waals surface area contributed by atoms with E-state index >= 15 is 0 Å². The molecule has 0 aliphatic carbocycles. The van der Waals surface area contributed by atoms with Crippen LogP contribution in [0.1, 0.15) is 87.9 Å². The van der Waals surface area contributed by atoms with Crippen molar-refractivity contribution < 1.29 is 4.79 Å². The fourth-order valence-electron chi connectivity index (χ4n) is 2.80. The number of hydrogen-bond donors (Lipinski definition) is 1. The zero-order valence-electron chi connectivity index (χ0n) is 16.1. The molecule has 0 spiro atoms. The van der Waals surface area contributed by atoms with E-state index in [2.05, 4.69) is 24.4 Å². The third kappa shape index (κ3) is 13.2. The van der Waals surface area contributed by atoms with Crippen molar-refractivity contribution in [3.8, 4) is 0 Å². The maximum atomic E-state index is 11.0. The van der Waals surface area contributed by atoms with Gasteiger partial charge in [-0.1, -0.05) is 64.0 Å². The number of rotatable bonds is 15. The Labute approximate surface area is 171 Å². The number of benzene rings is 1. The first-order valence-electron chi connectivity index (χ1n) is 9.92. The van der Waals surface area contributed by atoms with Crippen LogP contribution in [0.5, 0.6) is 0 Å². The summed E-state index contributed by atoms with van der Waals surface area (Å²) < 4.78 is 0. The van der Waals surface area contributed by atoms with Gasteiger partial charge in [0.15, 0.2) is 0 Å². The Balaban J connectivity index is 0.00000625. The van der Waals surface area contributed by atoms with Gasteiger partial charge in [-0.2, -0.15) is 0 Å². The van der Waals surface area contributed by atoms with Crippen LogP contribution in [-0.2, 0) is 0 Å². The third-order valence-electron chi connectivity index (χ3n) is 4.38. The Morgan fingerprint density at radius 1 is 0.885 bits per heavy atom. The largest absolute Gasteiger partial charge is 0.385 e. The first-order valence-corrected chi connectivity index (χ1v) is 10.3. The molecule has 0 heterocycles. The Bertz CT molecular complexity index is 485. The number of carbonyl (C=O) groups is 1. The van der Waals surface area contributed by atoms with E-state index in [1.807, 2.05) is 12.1 Å². The predicted octanol–water partition coefficient (Wildman–Crippen LogP) is 7.77. The molecular weight excluding hydrogens is 365 g/mol. The van der Waals surface area contributed by atoms with Gasteiger partial charge in [-0.15, -0.1) is 12.4 Å². The molecule has 148 valence electrons. The lowest BCUT2D eigenvalue weighted by atomic mass is 10.1. The summed E-state index contributed by atoms with van der Waals surface area (Å²) in [5, 5.41) is 2.95. The van der Waals surface area contributed by atoms with Gasteiger partial charge in [0, 0.05) is 17.8 Å². The SMILES string of the molecule is CCCCCCCCCC/C=C/CCCNc1ccc(C(=O)Cl)cc1.Cl. The molecule has 0 radical (unpaired) electrons. The first kappa shape index (κ1) is 25.0. The predicted molar refractivity (Wildman–Crippen MR) is 118 cm³/mol. The van der Waals surface area contributed by atoms with Crippen molar-refractivity contribution >= 4 is 34.9 Å². The normalized spacial score (nSPS) is 10.7. The van der Waals surface area contributed by atoms with Crippen LogP contribution in [0.25, 0.3) is 0 Å². The molecule has 2 nitrogen and oxygen atoms in total. The highest BCUT2D eigenvalue weighted by Crippen LogP contribution is 2.12. The fourth-order valence-corrected chi connectivity index (χ4v) is 2.93. The van der Waals surface area contributed by atoms with Gasteiger partial charge >= 0.3 is 0 Å². The zero-order chi connectivity index (χ0) is 18.2. The minimum Gasteiger partial charge on any atom is -0.385 e.